The number of phenols is 1. The highest BCUT2D eigenvalue weighted by molar-refractivity contribution is 5.89. The lowest BCUT2D eigenvalue weighted by atomic mass is 9.55. The summed E-state index contributed by atoms with van der Waals surface area (Å²) in [5, 5.41) is 39.3. The molecule has 5 N–H and O–H groups in total. The van der Waals surface area contributed by atoms with Gasteiger partial charge in [0.15, 0.2) is 0 Å². The van der Waals surface area contributed by atoms with Crippen LogP contribution in [0.4, 0.5) is 0 Å². The zero-order chi connectivity index (χ0) is 22.1. The highest BCUT2D eigenvalue weighted by atomic mass is 16.4. The van der Waals surface area contributed by atoms with Crippen molar-refractivity contribution in [3.05, 3.63) is 41.5 Å². The van der Waals surface area contributed by atoms with Gasteiger partial charge in [-0.25, -0.2) is 9.59 Å². The van der Waals surface area contributed by atoms with Crippen LogP contribution in [0.2, 0.25) is 0 Å². The summed E-state index contributed by atoms with van der Waals surface area (Å²) in [6.45, 7) is 2.39. The lowest BCUT2D eigenvalue weighted by Gasteiger charge is -2.50. The van der Waals surface area contributed by atoms with Crippen LogP contribution in [0.3, 0.4) is 0 Å². The number of rotatable bonds is 3. The van der Waals surface area contributed by atoms with Gasteiger partial charge in [0.1, 0.15) is 5.75 Å². The fourth-order valence-corrected chi connectivity index (χ4v) is 6.25. The van der Waals surface area contributed by atoms with E-state index in [1.807, 2.05) is 19.2 Å². The van der Waals surface area contributed by atoms with E-state index < -0.39 is 11.9 Å². The minimum atomic E-state index is -1.26. The minimum Gasteiger partial charge on any atom is -0.508 e. The molecule has 164 valence electrons. The molecular formula is C23H31NO6. The largest absolute Gasteiger partial charge is 0.508 e. The lowest BCUT2D eigenvalue weighted by molar-refractivity contribution is -0.134. The Balaban J connectivity index is 0.000000275. The average molecular weight is 418 g/mol. The Kier molecular flexibility index (Phi) is 6.53. The number of aliphatic hydroxyl groups excluding tert-OH is 1. The molecule has 6 atom stereocenters. The topological polar surface area (TPSA) is 127 Å². The van der Waals surface area contributed by atoms with Crippen molar-refractivity contribution in [2.45, 2.75) is 57.1 Å². The second kappa shape index (κ2) is 8.78. The van der Waals surface area contributed by atoms with Gasteiger partial charge < -0.3 is 25.7 Å². The van der Waals surface area contributed by atoms with Crippen LogP contribution in [0, 0.1) is 17.3 Å². The summed E-state index contributed by atoms with van der Waals surface area (Å²) in [6.07, 6.45) is 6.51. The number of aliphatic hydroxyl groups is 1. The molecule has 1 aromatic carbocycles. The Morgan fingerprint density at radius 3 is 2.43 bits per heavy atom. The molecule has 7 nitrogen and oxygen atoms in total. The SMILES string of the molecule is CN[C@H]1[C@H](O)CC2C3CCc4cc(O)ccc4C3CC[C@@]21C.O=C(O)/C=C\C(=O)O. The zero-order valence-electron chi connectivity index (χ0n) is 17.4. The molecule has 0 aromatic heterocycles. The summed E-state index contributed by atoms with van der Waals surface area (Å²) >= 11 is 0. The standard InChI is InChI=1S/C19H27NO2.C4H4O4/c1-19-8-7-14-13-6-4-12(21)9-11(13)3-5-15(14)16(19)10-17(22)18(19)20-2;5-3(6)1-2-4(7)8/h4,6,9,14-18,20-22H,3,5,7-8,10H2,1-2H3;1-2H,(H,5,6)(H,7,8)/b;2-1-/t14?,15?,16?,17-,18+,19+;/m1./s1. The van der Waals surface area contributed by atoms with Crippen LogP contribution >= 0.6 is 0 Å². The maximum Gasteiger partial charge on any atom is 0.328 e. The molecule has 3 unspecified atom stereocenters. The number of nitrogens with one attached hydrogen (secondary N) is 1. The Morgan fingerprint density at radius 2 is 1.83 bits per heavy atom. The normalized spacial score (nSPS) is 34.3. The predicted octanol–water partition coefficient (Wildman–Crippen LogP) is 2.52. The van der Waals surface area contributed by atoms with Crippen LogP contribution in [0.5, 0.6) is 5.75 Å². The van der Waals surface area contributed by atoms with Gasteiger partial charge in [-0.05, 0) is 85.6 Å². The first-order valence-corrected chi connectivity index (χ1v) is 10.5. The van der Waals surface area contributed by atoms with Crippen molar-refractivity contribution in [2.75, 3.05) is 7.05 Å². The number of fused-ring (bicyclic) bond motifs is 5. The summed E-state index contributed by atoms with van der Waals surface area (Å²) in [4.78, 5) is 19.1. The van der Waals surface area contributed by atoms with E-state index in [0.717, 1.165) is 12.8 Å². The molecule has 4 rings (SSSR count). The highest BCUT2D eigenvalue weighted by Gasteiger charge is 2.57. The molecule has 7 heteroatoms. The molecule has 0 saturated heterocycles. The quantitative estimate of drug-likeness (QED) is 0.478. The fraction of sp³-hybridized carbons (Fsp3) is 0.565. The van der Waals surface area contributed by atoms with Gasteiger partial charge in [-0.3, -0.25) is 0 Å². The van der Waals surface area contributed by atoms with E-state index in [9.17, 15) is 19.8 Å². The van der Waals surface area contributed by atoms with Crippen LogP contribution < -0.4 is 5.32 Å². The summed E-state index contributed by atoms with van der Waals surface area (Å²) in [5.41, 5.74) is 3.02. The van der Waals surface area contributed by atoms with Crippen molar-refractivity contribution in [1.82, 2.24) is 5.32 Å². The van der Waals surface area contributed by atoms with Crippen molar-refractivity contribution >= 4 is 11.9 Å². The number of aryl methyl sites for hydroxylation is 1. The van der Waals surface area contributed by atoms with Crippen molar-refractivity contribution in [1.29, 1.82) is 0 Å². The first-order valence-electron chi connectivity index (χ1n) is 10.5. The monoisotopic (exact) mass is 417 g/mol. The van der Waals surface area contributed by atoms with Gasteiger partial charge in [0.05, 0.1) is 6.10 Å². The van der Waals surface area contributed by atoms with Gasteiger partial charge in [-0.2, -0.15) is 0 Å². The molecule has 1 aromatic rings. The lowest BCUT2D eigenvalue weighted by Crippen LogP contribution is -2.49. The number of benzene rings is 1. The van der Waals surface area contributed by atoms with Crippen LogP contribution in [0.1, 0.15) is 49.7 Å². The molecule has 0 amide bonds. The minimum absolute atomic E-state index is 0.208. The van der Waals surface area contributed by atoms with E-state index in [4.69, 9.17) is 10.2 Å². The third-order valence-corrected chi connectivity index (χ3v) is 7.42. The Morgan fingerprint density at radius 1 is 1.17 bits per heavy atom. The molecule has 0 radical (unpaired) electrons. The second-order valence-corrected chi connectivity index (χ2v) is 8.92. The number of aromatic hydroxyl groups is 1. The zero-order valence-corrected chi connectivity index (χ0v) is 17.4. The maximum absolute atomic E-state index is 10.5. The third kappa shape index (κ3) is 4.23. The molecule has 3 aliphatic carbocycles. The highest BCUT2D eigenvalue weighted by Crippen LogP contribution is 2.60. The number of aliphatic carboxylic acids is 2. The summed E-state index contributed by atoms with van der Waals surface area (Å²) < 4.78 is 0. The Labute approximate surface area is 176 Å². The molecule has 2 fully saturated rings. The number of likely N-dealkylation sites (N-methyl/N-ethyl adjacent to an activating group) is 1. The van der Waals surface area contributed by atoms with E-state index in [1.165, 1.54) is 30.4 Å². The van der Waals surface area contributed by atoms with Gasteiger partial charge >= 0.3 is 11.9 Å². The first-order chi connectivity index (χ1) is 14.2. The molecule has 0 aliphatic heterocycles. The molecular weight excluding hydrogens is 386 g/mol. The molecule has 0 spiro atoms. The Hall–Kier alpha value is -2.38. The van der Waals surface area contributed by atoms with Crippen LogP contribution in [0.15, 0.2) is 30.4 Å². The Bertz CT molecular complexity index is 821. The maximum atomic E-state index is 10.5. The average Bonchev–Trinajstić information content (AvgIpc) is 2.95. The van der Waals surface area contributed by atoms with Crippen molar-refractivity contribution in [2.24, 2.45) is 17.3 Å². The number of carboxylic acid groups (broad SMARTS) is 2. The van der Waals surface area contributed by atoms with Crippen molar-refractivity contribution in [3.8, 4) is 5.75 Å². The molecule has 0 heterocycles. The number of hydrogen-bond acceptors (Lipinski definition) is 5. The number of hydrogen-bond donors (Lipinski definition) is 5. The second-order valence-electron chi connectivity index (χ2n) is 8.92. The van der Waals surface area contributed by atoms with E-state index in [0.29, 0.717) is 35.7 Å². The molecule has 2 saturated carbocycles. The molecule has 30 heavy (non-hydrogen) atoms. The van der Waals surface area contributed by atoms with E-state index in [1.54, 1.807) is 0 Å². The number of phenolic OH excluding ortho intramolecular Hbond substituents is 1. The molecule has 3 aliphatic rings. The van der Waals surface area contributed by atoms with E-state index >= 15 is 0 Å². The number of carbonyl (C=O) groups is 2. The summed E-state index contributed by atoms with van der Waals surface area (Å²) in [6, 6.07) is 6.18. The van der Waals surface area contributed by atoms with Gasteiger partial charge in [-0.15, -0.1) is 0 Å². The van der Waals surface area contributed by atoms with Gasteiger partial charge in [-0.1, -0.05) is 13.0 Å². The van der Waals surface area contributed by atoms with Crippen LogP contribution in [0.25, 0.3) is 0 Å². The van der Waals surface area contributed by atoms with E-state index in [2.05, 4.69) is 18.3 Å². The first kappa shape index (κ1) is 22.3. The third-order valence-electron chi connectivity index (χ3n) is 7.42. The molecule has 0 bridgehead atoms. The predicted molar refractivity (Wildman–Crippen MR) is 111 cm³/mol. The smallest absolute Gasteiger partial charge is 0.328 e. The summed E-state index contributed by atoms with van der Waals surface area (Å²) in [7, 11) is 1.99. The van der Waals surface area contributed by atoms with E-state index in [-0.39, 0.29) is 17.6 Å². The van der Waals surface area contributed by atoms with Gasteiger partial charge in [0.2, 0.25) is 0 Å². The fourth-order valence-electron chi connectivity index (χ4n) is 6.25. The van der Waals surface area contributed by atoms with Gasteiger partial charge in [0, 0.05) is 18.2 Å². The van der Waals surface area contributed by atoms with Crippen molar-refractivity contribution in [3.63, 3.8) is 0 Å². The van der Waals surface area contributed by atoms with Gasteiger partial charge in [0.25, 0.3) is 0 Å². The van der Waals surface area contributed by atoms with Crippen LogP contribution in [-0.4, -0.2) is 51.6 Å². The summed E-state index contributed by atoms with van der Waals surface area (Å²) in [5.74, 6) is -0.209. The number of carboxylic acids is 2. The van der Waals surface area contributed by atoms with Crippen LogP contribution in [-0.2, 0) is 16.0 Å². The van der Waals surface area contributed by atoms with Crippen molar-refractivity contribution < 1.29 is 30.0 Å².